The number of rotatable bonds is 4. The van der Waals surface area contributed by atoms with Gasteiger partial charge in [-0.25, -0.2) is 16.8 Å². The standard InChI is InChI=1S/C11H22N2O4S2/c1-11(2)10-7-12-6-9(10)8-13(11)19(16,17)5-4-18(3,14)15/h9-10,12H,4-8H2,1-3H3. The van der Waals surface area contributed by atoms with E-state index in [0.717, 1.165) is 19.3 Å². The molecule has 0 bridgehead atoms. The minimum Gasteiger partial charge on any atom is -0.316 e. The van der Waals surface area contributed by atoms with Crippen molar-refractivity contribution in [3.05, 3.63) is 0 Å². The summed E-state index contributed by atoms with van der Waals surface area (Å²) in [6.45, 7) is 6.03. The molecule has 6 nitrogen and oxygen atoms in total. The molecule has 0 aromatic heterocycles. The van der Waals surface area contributed by atoms with E-state index < -0.39 is 25.4 Å². The Morgan fingerprint density at radius 1 is 1.16 bits per heavy atom. The number of nitrogens with zero attached hydrogens (tertiary/aromatic N) is 1. The first kappa shape index (κ1) is 15.2. The molecule has 112 valence electrons. The van der Waals surface area contributed by atoms with Crippen molar-refractivity contribution in [3.63, 3.8) is 0 Å². The van der Waals surface area contributed by atoms with Gasteiger partial charge in [0.2, 0.25) is 10.0 Å². The molecule has 2 heterocycles. The summed E-state index contributed by atoms with van der Waals surface area (Å²) in [4.78, 5) is 0. The molecule has 2 aliphatic heterocycles. The van der Waals surface area contributed by atoms with E-state index in [1.165, 1.54) is 4.31 Å². The van der Waals surface area contributed by atoms with Crippen LogP contribution in [0.1, 0.15) is 13.8 Å². The van der Waals surface area contributed by atoms with E-state index in [-0.39, 0.29) is 11.5 Å². The first-order valence-electron chi connectivity index (χ1n) is 6.43. The fraction of sp³-hybridized carbons (Fsp3) is 1.00. The minimum absolute atomic E-state index is 0.306. The van der Waals surface area contributed by atoms with Crippen molar-refractivity contribution in [2.75, 3.05) is 37.4 Å². The van der Waals surface area contributed by atoms with Gasteiger partial charge in [-0.1, -0.05) is 0 Å². The van der Waals surface area contributed by atoms with E-state index in [9.17, 15) is 16.8 Å². The second kappa shape index (κ2) is 4.68. The first-order chi connectivity index (χ1) is 8.54. The van der Waals surface area contributed by atoms with Crippen LogP contribution in [0.15, 0.2) is 0 Å². The molecule has 1 N–H and O–H groups in total. The van der Waals surface area contributed by atoms with E-state index in [4.69, 9.17) is 0 Å². The summed E-state index contributed by atoms with van der Waals surface area (Å²) in [5, 5.41) is 3.29. The molecule has 19 heavy (non-hydrogen) atoms. The fourth-order valence-electron chi connectivity index (χ4n) is 3.22. The summed E-state index contributed by atoms with van der Waals surface area (Å²) >= 11 is 0. The van der Waals surface area contributed by atoms with Crippen LogP contribution in [-0.2, 0) is 19.9 Å². The Kier molecular flexibility index (Phi) is 3.75. The van der Waals surface area contributed by atoms with Crippen molar-refractivity contribution in [3.8, 4) is 0 Å². The van der Waals surface area contributed by atoms with Gasteiger partial charge < -0.3 is 5.32 Å². The van der Waals surface area contributed by atoms with E-state index in [1.807, 2.05) is 13.8 Å². The average molecular weight is 310 g/mol. The molecule has 2 atom stereocenters. The highest BCUT2D eigenvalue weighted by Crippen LogP contribution is 2.42. The third-order valence-corrected chi connectivity index (χ3v) is 7.55. The van der Waals surface area contributed by atoms with Crippen LogP contribution in [0.3, 0.4) is 0 Å². The van der Waals surface area contributed by atoms with Crippen LogP contribution in [0.5, 0.6) is 0 Å². The summed E-state index contributed by atoms with van der Waals surface area (Å²) in [5.74, 6) is 0.0148. The Balaban J connectivity index is 2.17. The molecule has 0 aliphatic carbocycles. The molecule has 2 saturated heterocycles. The lowest BCUT2D eigenvalue weighted by molar-refractivity contribution is 0.233. The number of hydrogen-bond acceptors (Lipinski definition) is 5. The zero-order valence-corrected chi connectivity index (χ0v) is 13.2. The zero-order chi connectivity index (χ0) is 14.5. The lowest BCUT2D eigenvalue weighted by Crippen LogP contribution is -2.48. The van der Waals surface area contributed by atoms with Crippen LogP contribution < -0.4 is 5.32 Å². The van der Waals surface area contributed by atoms with E-state index in [1.54, 1.807) is 0 Å². The number of fused-ring (bicyclic) bond motifs is 1. The van der Waals surface area contributed by atoms with E-state index >= 15 is 0 Å². The van der Waals surface area contributed by atoms with Crippen LogP contribution in [0.25, 0.3) is 0 Å². The van der Waals surface area contributed by atoms with Crippen LogP contribution in [-0.4, -0.2) is 64.1 Å². The van der Waals surface area contributed by atoms with Gasteiger partial charge in [0.05, 0.1) is 11.5 Å². The molecule has 8 heteroatoms. The topological polar surface area (TPSA) is 83.6 Å². The van der Waals surface area contributed by atoms with Crippen molar-refractivity contribution in [1.82, 2.24) is 9.62 Å². The second-order valence-electron chi connectivity index (χ2n) is 6.16. The highest BCUT2D eigenvalue weighted by atomic mass is 32.2. The van der Waals surface area contributed by atoms with Gasteiger partial charge >= 0.3 is 0 Å². The summed E-state index contributed by atoms with van der Waals surface area (Å²) < 4.78 is 48.6. The molecule has 0 radical (unpaired) electrons. The molecule has 0 amide bonds. The molecule has 0 spiro atoms. The maximum atomic E-state index is 12.4. The van der Waals surface area contributed by atoms with Crippen molar-refractivity contribution in [2.24, 2.45) is 11.8 Å². The molecule has 2 aliphatic rings. The molecular weight excluding hydrogens is 288 g/mol. The molecule has 2 fully saturated rings. The summed E-state index contributed by atoms with van der Waals surface area (Å²) in [6.07, 6.45) is 1.07. The Bertz CT molecular complexity index is 553. The average Bonchev–Trinajstić information content (AvgIpc) is 2.78. The van der Waals surface area contributed by atoms with Gasteiger partial charge in [0.25, 0.3) is 0 Å². The van der Waals surface area contributed by atoms with Crippen LogP contribution >= 0.6 is 0 Å². The molecule has 0 aromatic rings. The fourth-order valence-corrected chi connectivity index (χ4v) is 6.77. The second-order valence-corrected chi connectivity index (χ2v) is 10.4. The predicted molar refractivity (Wildman–Crippen MR) is 74.1 cm³/mol. The largest absolute Gasteiger partial charge is 0.316 e. The quantitative estimate of drug-likeness (QED) is 0.742. The Morgan fingerprint density at radius 2 is 1.79 bits per heavy atom. The maximum Gasteiger partial charge on any atom is 0.215 e. The summed E-state index contributed by atoms with van der Waals surface area (Å²) in [6, 6.07) is 0. The molecule has 0 saturated carbocycles. The highest BCUT2D eigenvalue weighted by molar-refractivity contribution is 7.93. The van der Waals surface area contributed by atoms with Crippen LogP contribution in [0.4, 0.5) is 0 Å². The number of sulfonamides is 1. The summed E-state index contributed by atoms with van der Waals surface area (Å²) in [7, 11) is -6.78. The molecule has 2 rings (SSSR count). The Morgan fingerprint density at radius 3 is 2.32 bits per heavy atom. The van der Waals surface area contributed by atoms with Gasteiger partial charge in [-0.05, 0) is 32.2 Å². The zero-order valence-electron chi connectivity index (χ0n) is 11.6. The van der Waals surface area contributed by atoms with Gasteiger partial charge in [-0.2, -0.15) is 4.31 Å². The number of nitrogens with one attached hydrogen (secondary N) is 1. The third-order valence-electron chi connectivity index (χ3n) is 4.34. The SMILES string of the molecule is CC1(C)C2CNCC2CN1S(=O)(=O)CCS(C)(=O)=O. The van der Waals surface area contributed by atoms with Crippen molar-refractivity contribution in [1.29, 1.82) is 0 Å². The van der Waals surface area contributed by atoms with Crippen LogP contribution in [0.2, 0.25) is 0 Å². The van der Waals surface area contributed by atoms with Crippen LogP contribution in [0, 0.1) is 11.8 Å². The van der Waals surface area contributed by atoms with Gasteiger partial charge in [-0.15, -0.1) is 0 Å². The van der Waals surface area contributed by atoms with Gasteiger partial charge in [0, 0.05) is 24.9 Å². The Labute approximate surface area is 115 Å². The van der Waals surface area contributed by atoms with Gasteiger partial charge in [0.1, 0.15) is 9.84 Å². The third kappa shape index (κ3) is 2.96. The smallest absolute Gasteiger partial charge is 0.215 e. The van der Waals surface area contributed by atoms with E-state index in [2.05, 4.69) is 5.32 Å². The van der Waals surface area contributed by atoms with Crippen molar-refractivity contribution >= 4 is 19.9 Å². The molecular formula is C11H22N2O4S2. The van der Waals surface area contributed by atoms with Crippen molar-refractivity contribution < 1.29 is 16.8 Å². The predicted octanol–water partition coefficient (Wildman–Crippen LogP) is -0.709. The highest BCUT2D eigenvalue weighted by Gasteiger charge is 2.53. The molecule has 2 unspecified atom stereocenters. The van der Waals surface area contributed by atoms with E-state index in [0.29, 0.717) is 18.4 Å². The van der Waals surface area contributed by atoms with Crippen molar-refractivity contribution in [2.45, 2.75) is 19.4 Å². The number of sulfone groups is 1. The normalized spacial score (nSPS) is 31.5. The first-order valence-corrected chi connectivity index (χ1v) is 10.1. The van der Waals surface area contributed by atoms with Gasteiger partial charge in [0.15, 0.2) is 0 Å². The minimum atomic E-state index is -3.52. The Hall–Kier alpha value is -0.180. The summed E-state index contributed by atoms with van der Waals surface area (Å²) in [5.41, 5.74) is -0.440. The number of hydrogen-bond donors (Lipinski definition) is 1. The lowest BCUT2D eigenvalue weighted by atomic mass is 9.85. The lowest BCUT2D eigenvalue weighted by Gasteiger charge is -2.34. The van der Waals surface area contributed by atoms with Gasteiger partial charge in [-0.3, -0.25) is 0 Å². The maximum absolute atomic E-state index is 12.4. The molecule has 0 aromatic carbocycles. The monoisotopic (exact) mass is 310 g/mol.